The standard InChI is InChI=1S/C19H16F3N3O2S/c1-2-12-3-5-13(6-4-12)23-17(26)16-11-28-18(25-16)24-14-7-9-15(10-8-14)27-19(20,21)22/h3-11H,2H2,1H3,(H,23,26)(H,24,25). The van der Waals surface area contributed by atoms with Gasteiger partial charge in [-0.15, -0.1) is 24.5 Å². The van der Waals surface area contributed by atoms with Gasteiger partial charge >= 0.3 is 6.36 Å². The Morgan fingerprint density at radius 1 is 1.07 bits per heavy atom. The van der Waals surface area contributed by atoms with Crippen LogP contribution in [0.5, 0.6) is 5.75 Å². The molecule has 0 atom stereocenters. The van der Waals surface area contributed by atoms with Gasteiger partial charge in [-0.05, 0) is 48.4 Å². The van der Waals surface area contributed by atoms with Crippen LogP contribution in [-0.4, -0.2) is 17.3 Å². The van der Waals surface area contributed by atoms with E-state index in [9.17, 15) is 18.0 Å². The van der Waals surface area contributed by atoms with E-state index < -0.39 is 6.36 Å². The first-order chi connectivity index (χ1) is 13.3. The summed E-state index contributed by atoms with van der Waals surface area (Å²) in [5, 5.41) is 7.75. The maximum atomic E-state index is 12.3. The van der Waals surface area contributed by atoms with Crippen molar-refractivity contribution in [2.75, 3.05) is 10.6 Å². The van der Waals surface area contributed by atoms with Gasteiger partial charge in [0.2, 0.25) is 0 Å². The molecule has 2 aromatic carbocycles. The fourth-order valence-electron chi connectivity index (χ4n) is 2.32. The van der Waals surface area contributed by atoms with Gasteiger partial charge < -0.3 is 15.4 Å². The zero-order valence-corrected chi connectivity index (χ0v) is 15.5. The average Bonchev–Trinajstić information content (AvgIpc) is 3.11. The highest BCUT2D eigenvalue weighted by atomic mass is 32.1. The maximum absolute atomic E-state index is 12.3. The molecule has 1 aromatic heterocycles. The molecule has 0 unspecified atom stereocenters. The Bertz CT molecular complexity index is 938. The summed E-state index contributed by atoms with van der Waals surface area (Å²) in [6.45, 7) is 2.05. The lowest BCUT2D eigenvalue weighted by Gasteiger charge is -2.09. The number of halogens is 3. The molecule has 0 saturated carbocycles. The second-order valence-electron chi connectivity index (χ2n) is 5.74. The van der Waals surface area contributed by atoms with Gasteiger partial charge in [0.05, 0.1) is 0 Å². The number of carbonyl (C=O) groups is 1. The van der Waals surface area contributed by atoms with Crippen LogP contribution >= 0.6 is 11.3 Å². The van der Waals surface area contributed by atoms with Crippen LogP contribution in [0.4, 0.5) is 29.7 Å². The number of aryl methyl sites for hydroxylation is 1. The Morgan fingerprint density at radius 2 is 1.71 bits per heavy atom. The van der Waals surface area contributed by atoms with Crippen LogP contribution in [0.2, 0.25) is 0 Å². The number of hydrogen-bond acceptors (Lipinski definition) is 5. The lowest BCUT2D eigenvalue weighted by molar-refractivity contribution is -0.274. The molecule has 0 fully saturated rings. The van der Waals surface area contributed by atoms with E-state index in [0.29, 0.717) is 16.5 Å². The highest BCUT2D eigenvalue weighted by Crippen LogP contribution is 2.26. The van der Waals surface area contributed by atoms with Crippen LogP contribution in [0.25, 0.3) is 0 Å². The molecule has 1 heterocycles. The number of alkyl halides is 3. The number of carbonyl (C=O) groups excluding carboxylic acids is 1. The lowest BCUT2D eigenvalue weighted by atomic mass is 10.1. The maximum Gasteiger partial charge on any atom is 0.573 e. The molecule has 3 rings (SSSR count). The van der Waals surface area contributed by atoms with E-state index in [4.69, 9.17) is 0 Å². The second kappa shape index (κ2) is 8.30. The fraction of sp³-hybridized carbons (Fsp3) is 0.158. The SMILES string of the molecule is CCc1ccc(NC(=O)c2csc(Nc3ccc(OC(F)(F)F)cc3)n2)cc1. The minimum Gasteiger partial charge on any atom is -0.406 e. The molecule has 146 valence electrons. The van der Waals surface area contributed by atoms with E-state index in [1.807, 2.05) is 31.2 Å². The zero-order chi connectivity index (χ0) is 20.1. The van der Waals surface area contributed by atoms with Crippen LogP contribution in [0, 0.1) is 0 Å². The summed E-state index contributed by atoms with van der Waals surface area (Å²) in [6.07, 6.45) is -3.82. The molecule has 2 N–H and O–H groups in total. The summed E-state index contributed by atoms with van der Waals surface area (Å²) in [4.78, 5) is 16.5. The van der Waals surface area contributed by atoms with Crippen molar-refractivity contribution in [1.82, 2.24) is 4.98 Å². The topological polar surface area (TPSA) is 63.2 Å². The Morgan fingerprint density at radius 3 is 2.32 bits per heavy atom. The molecule has 0 spiro atoms. The number of anilines is 3. The molecule has 28 heavy (non-hydrogen) atoms. The summed E-state index contributed by atoms with van der Waals surface area (Å²) in [7, 11) is 0. The van der Waals surface area contributed by atoms with Gasteiger partial charge in [0, 0.05) is 16.8 Å². The molecule has 9 heteroatoms. The number of nitrogens with one attached hydrogen (secondary N) is 2. The van der Waals surface area contributed by atoms with Crippen molar-refractivity contribution < 1.29 is 22.7 Å². The molecule has 0 aliphatic carbocycles. The quantitative estimate of drug-likeness (QED) is 0.558. The third kappa shape index (κ3) is 5.46. The van der Waals surface area contributed by atoms with E-state index in [0.717, 1.165) is 6.42 Å². The molecule has 3 aromatic rings. The van der Waals surface area contributed by atoms with E-state index in [2.05, 4.69) is 20.4 Å². The van der Waals surface area contributed by atoms with Crippen molar-refractivity contribution in [3.05, 3.63) is 65.2 Å². The normalized spacial score (nSPS) is 11.1. The summed E-state index contributed by atoms with van der Waals surface area (Å²) in [5.41, 5.74) is 2.60. The van der Waals surface area contributed by atoms with E-state index >= 15 is 0 Å². The number of rotatable bonds is 6. The van der Waals surface area contributed by atoms with Crippen LogP contribution in [-0.2, 0) is 6.42 Å². The first kappa shape index (κ1) is 19.7. The number of hydrogen-bond donors (Lipinski definition) is 2. The largest absolute Gasteiger partial charge is 0.573 e. The summed E-state index contributed by atoms with van der Waals surface area (Å²) in [5.74, 6) is -0.658. The van der Waals surface area contributed by atoms with Crippen molar-refractivity contribution in [2.24, 2.45) is 0 Å². The van der Waals surface area contributed by atoms with Gasteiger partial charge in [0.25, 0.3) is 5.91 Å². The van der Waals surface area contributed by atoms with Gasteiger partial charge in [0.15, 0.2) is 5.13 Å². The number of benzene rings is 2. The first-order valence-corrected chi connectivity index (χ1v) is 9.19. The van der Waals surface area contributed by atoms with Crippen molar-refractivity contribution >= 4 is 33.8 Å². The van der Waals surface area contributed by atoms with E-state index in [1.165, 1.54) is 41.2 Å². The number of amides is 1. The van der Waals surface area contributed by atoms with E-state index in [1.54, 1.807) is 5.38 Å². The van der Waals surface area contributed by atoms with Crippen LogP contribution in [0.15, 0.2) is 53.9 Å². The molecule has 0 aliphatic rings. The highest BCUT2D eigenvalue weighted by molar-refractivity contribution is 7.14. The minimum absolute atomic E-state index is 0.240. The Kier molecular flexibility index (Phi) is 5.84. The van der Waals surface area contributed by atoms with Crippen LogP contribution in [0.3, 0.4) is 0 Å². The Labute approximate surface area is 163 Å². The summed E-state index contributed by atoms with van der Waals surface area (Å²) in [6, 6.07) is 12.8. The summed E-state index contributed by atoms with van der Waals surface area (Å²) >= 11 is 1.21. The molecular formula is C19H16F3N3O2S. The number of nitrogens with zero attached hydrogens (tertiary/aromatic N) is 1. The Balaban J connectivity index is 1.60. The molecule has 1 amide bonds. The van der Waals surface area contributed by atoms with Crippen molar-refractivity contribution in [3.63, 3.8) is 0 Å². The van der Waals surface area contributed by atoms with Gasteiger partial charge in [0.1, 0.15) is 11.4 Å². The van der Waals surface area contributed by atoms with Gasteiger partial charge in [-0.3, -0.25) is 4.79 Å². The third-order valence-electron chi connectivity index (χ3n) is 3.70. The zero-order valence-electron chi connectivity index (χ0n) is 14.7. The Hall–Kier alpha value is -3.07. The first-order valence-electron chi connectivity index (χ1n) is 8.31. The minimum atomic E-state index is -4.73. The van der Waals surface area contributed by atoms with E-state index in [-0.39, 0.29) is 17.4 Å². The molecule has 0 saturated heterocycles. The molecule has 5 nitrogen and oxygen atoms in total. The second-order valence-corrected chi connectivity index (χ2v) is 6.60. The number of aromatic nitrogens is 1. The molecule has 0 radical (unpaired) electrons. The van der Waals surface area contributed by atoms with Crippen LogP contribution < -0.4 is 15.4 Å². The predicted molar refractivity (Wildman–Crippen MR) is 102 cm³/mol. The van der Waals surface area contributed by atoms with Crippen molar-refractivity contribution in [3.8, 4) is 5.75 Å². The number of thiazole rings is 1. The number of ether oxygens (including phenoxy) is 1. The predicted octanol–water partition coefficient (Wildman–Crippen LogP) is 5.60. The highest BCUT2D eigenvalue weighted by Gasteiger charge is 2.30. The van der Waals surface area contributed by atoms with Crippen molar-refractivity contribution in [2.45, 2.75) is 19.7 Å². The smallest absolute Gasteiger partial charge is 0.406 e. The lowest BCUT2D eigenvalue weighted by Crippen LogP contribution is -2.16. The monoisotopic (exact) mass is 407 g/mol. The van der Waals surface area contributed by atoms with Gasteiger partial charge in [-0.2, -0.15) is 0 Å². The van der Waals surface area contributed by atoms with Crippen LogP contribution in [0.1, 0.15) is 23.0 Å². The van der Waals surface area contributed by atoms with Crippen molar-refractivity contribution in [1.29, 1.82) is 0 Å². The fourth-order valence-corrected chi connectivity index (χ4v) is 3.03. The summed E-state index contributed by atoms with van der Waals surface area (Å²) < 4.78 is 40.4. The molecular weight excluding hydrogens is 391 g/mol. The third-order valence-corrected chi connectivity index (χ3v) is 4.45. The van der Waals surface area contributed by atoms with Gasteiger partial charge in [-0.1, -0.05) is 19.1 Å². The molecule has 0 bridgehead atoms. The van der Waals surface area contributed by atoms with Gasteiger partial charge in [-0.25, -0.2) is 4.98 Å². The average molecular weight is 407 g/mol. The molecule has 0 aliphatic heterocycles.